The van der Waals surface area contributed by atoms with Gasteiger partial charge in [-0.3, -0.25) is 19.3 Å². The van der Waals surface area contributed by atoms with Gasteiger partial charge >= 0.3 is 12.2 Å². The molecule has 0 unspecified atom stereocenters. The van der Waals surface area contributed by atoms with Crippen LogP contribution in [0.15, 0.2) is 12.3 Å². The number of hydrogen-bond donors (Lipinski definition) is 4. The summed E-state index contributed by atoms with van der Waals surface area (Å²) < 4.78 is 11.0. The number of thiol groups is 1. The zero-order chi connectivity index (χ0) is 29.0. The predicted molar refractivity (Wildman–Crippen MR) is 147 cm³/mol. The summed E-state index contributed by atoms with van der Waals surface area (Å²) in [5.74, 6) is -0.954. The number of amides is 4. The quantitative estimate of drug-likeness (QED) is 0.314. The third-order valence-corrected chi connectivity index (χ3v) is 7.55. The zero-order valence-corrected chi connectivity index (χ0v) is 24.3. The van der Waals surface area contributed by atoms with Crippen LogP contribution in [0, 0.1) is 17.3 Å². The summed E-state index contributed by atoms with van der Waals surface area (Å²) in [6.45, 7) is 10.4. The first-order chi connectivity index (χ1) is 18.2. The van der Waals surface area contributed by atoms with Crippen LogP contribution in [0.2, 0.25) is 0 Å². The van der Waals surface area contributed by atoms with Gasteiger partial charge in [-0.2, -0.15) is 0 Å². The van der Waals surface area contributed by atoms with Crippen LogP contribution in [0.25, 0.3) is 0 Å². The van der Waals surface area contributed by atoms with Crippen LogP contribution in [-0.2, 0) is 23.9 Å². The van der Waals surface area contributed by atoms with Gasteiger partial charge in [0.25, 0.3) is 0 Å². The third-order valence-electron chi connectivity index (χ3n) is 7.24. The summed E-state index contributed by atoms with van der Waals surface area (Å²) in [5.41, 5.74) is -0.701. The molecule has 1 aliphatic carbocycles. The van der Waals surface area contributed by atoms with Gasteiger partial charge < -0.3 is 25.4 Å². The molecule has 1 spiro atoms. The van der Waals surface area contributed by atoms with E-state index in [1.165, 1.54) is 0 Å². The Balaban J connectivity index is 1.50. The zero-order valence-electron chi connectivity index (χ0n) is 23.5. The Kier molecular flexibility index (Phi) is 9.95. The molecule has 0 radical (unpaired) electrons. The molecule has 39 heavy (non-hydrogen) atoms. The molecule has 12 heteroatoms. The van der Waals surface area contributed by atoms with Gasteiger partial charge in [0, 0.05) is 25.2 Å². The van der Waals surface area contributed by atoms with Crippen molar-refractivity contribution in [1.29, 1.82) is 0 Å². The molecule has 3 rings (SSSR count). The van der Waals surface area contributed by atoms with Gasteiger partial charge in [-0.1, -0.05) is 19.9 Å². The summed E-state index contributed by atoms with van der Waals surface area (Å²) in [6, 6.07) is -1.84. The maximum atomic E-state index is 13.0. The van der Waals surface area contributed by atoms with E-state index in [0.29, 0.717) is 38.8 Å². The van der Waals surface area contributed by atoms with E-state index >= 15 is 0 Å². The van der Waals surface area contributed by atoms with Gasteiger partial charge in [0.2, 0.25) is 16.9 Å². The molecule has 11 nitrogen and oxygen atoms in total. The number of rotatable bonds is 9. The molecular formula is C27H42N4O7S. The molecule has 0 aromatic rings. The third kappa shape index (κ3) is 8.87. The van der Waals surface area contributed by atoms with Gasteiger partial charge in [0.15, 0.2) is 0 Å². The molecule has 1 saturated heterocycles. The standard InChI is InChI=1S/C27H42N4O7S/c1-16(2)12-19(22(33)29-20(23(34)39)13-17-6-9-28-21(17)32)30-24(35)37-18-14-27(15-18)7-10-31(11-8-27)25(36)38-26(3,4)5/h7,10,16-20H,6,8-9,11-15H2,1-5H3,(H,28,32)(H,29,33)(H,30,35)(H,34,39)/t17-,18?,19-,20-,27?/m0/s1. The molecule has 2 aliphatic heterocycles. The molecular weight excluding hydrogens is 524 g/mol. The Morgan fingerprint density at radius 2 is 1.87 bits per heavy atom. The van der Waals surface area contributed by atoms with Crippen LogP contribution in [0.1, 0.15) is 73.1 Å². The molecule has 2 heterocycles. The molecule has 0 aromatic heterocycles. The smallest absolute Gasteiger partial charge is 0.414 e. The van der Waals surface area contributed by atoms with Crippen molar-refractivity contribution in [2.45, 2.75) is 96.9 Å². The molecule has 2 fully saturated rings. The Labute approximate surface area is 235 Å². The van der Waals surface area contributed by atoms with Gasteiger partial charge in [-0.15, -0.1) is 12.6 Å². The second-order valence-electron chi connectivity index (χ2n) is 12.3. The molecule has 4 amide bonds. The maximum Gasteiger partial charge on any atom is 0.414 e. The number of nitrogens with one attached hydrogen (secondary N) is 3. The number of ether oxygens (including phenoxy) is 2. The summed E-state index contributed by atoms with van der Waals surface area (Å²) in [6.07, 6.45) is 5.40. The van der Waals surface area contributed by atoms with Crippen molar-refractivity contribution in [1.82, 2.24) is 20.9 Å². The fourth-order valence-electron chi connectivity index (χ4n) is 5.17. The molecule has 1 saturated carbocycles. The van der Waals surface area contributed by atoms with E-state index in [0.717, 1.165) is 6.42 Å². The number of nitrogens with zero attached hydrogens (tertiary/aromatic N) is 1. The Morgan fingerprint density at radius 1 is 1.18 bits per heavy atom. The maximum absolute atomic E-state index is 13.0. The van der Waals surface area contributed by atoms with Gasteiger partial charge in [-0.25, -0.2) is 9.59 Å². The van der Waals surface area contributed by atoms with Crippen LogP contribution in [0.4, 0.5) is 9.59 Å². The molecule has 3 N–H and O–H groups in total. The molecule has 3 aliphatic rings. The lowest BCUT2D eigenvalue weighted by atomic mass is 9.64. The van der Waals surface area contributed by atoms with E-state index in [1.54, 1.807) is 11.1 Å². The van der Waals surface area contributed by atoms with E-state index in [4.69, 9.17) is 9.47 Å². The number of hydrogen-bond acceptors (Lipinski definition) is 7. The van der Waals surface area contributed by atoms with Crippen molar-refractivity contribution in [3.63, 3.8) is 0 Å². The van der Waals surface area contributed by atoms with Crippen molar-refractivity contribution in [3.05, 3.63) is 12.3 Å². The molecule has 3 atom stereocenters. The first kappa shape index (κ1) is 30.8. The first-order valence-electron chi connectivity index (χ1n) is 13.6. The molecule has 0 aromatic carbocycles. The second kappa shape index (κ2) is 12.6. The largest absolute Gasteiger partial charge is 0.446 e. The molecule has 0 bridgehead atoms. The average Bonchev–Trinajstić information content (AvgIpc) is 3.20. The average molecular weight is 567 g/mol. The number of carbonyl (C=O) groups is 5. The van der Waals surface area contributed by atoms with Crippen LogP contribution in [-0.4, -0.2) is 70.9 Å². The van der Waals surface area contributed by atoms with Crippen LogP contribution in [0.5, 0.6) is 0 Å². The van der Waals surface area contributed by atoms with E-state index in [2.05, 4.69) is 28.6 Å². The van der Waals surface area contributed by atoms with E-state index in [1.807, 2.05) is 40.7 Å². The summed E-state index contributed by atoms with van der Waals surface area (Å²) >= 11 is 3.89. The van der Waals surface area contributed by atoms with Gasteiger partial charge in [0.05, 0.1) is 6.04 Å². The van der Waals surface area contributed by atoms with E-state index in [-0.39, 0.29) is 41.8 Å². The van der Waals surface area contributed by atoms with Crippen molar-refractivity contribution in [2.24, 2.45) is 17.3 Å². The Bertz CT molecular complexity index is 987. The minimum Gasteiger partial charge on any atom is -0.446 e. The highest BCUT2D eigenvalue weighted by Gasteiger charge is 2.46. The Morgan fingerprint density at radius 3 is 2.38 bits per heavy atom. The topological polar surface area (TPSA) is 143 Å². The fourth-order valence-corrected chi connectivity index (χ4v) is 5.34. The lowest BCUT2D eigenvalue weighted by Crippen LogP contribution is -2.53. The molecule has 218 valence electrons. The minimum absolute atomic E-state index is 0.0825. The number of alkyl carbamates (subject to hydrolysis) is 1. The van der Waals surface area contributed by atoms with Crippen molar-refractivity contribution in [3.8, 4) is 0 Å². The van der Waals surface area contributed by atoms with Crippen molar-refractivity contribution >= 4 is 41.7 Å². The monoisotopic (exact) mass is 566 g/mol. The van der Waals surface area contributed by atoms with Crippen molar-refractivity contribution < 1.29 is 33.4 Å². The van der Waals surface area contributed by atoms with Crippen LogP contribution >= 0.6 is 12.6 Å². The summed E-state index contributed by atoms with van der Waals surface area (Å²) in [4.78, 5) is 63.6. The SMILES string of the molecule is CC(C)C[C@H](NC(=O)OC1CC2(C=CN(C(=O)OC(C)(C)C)CC2)C1)C(=O)N[C@@H](C[C@@H]1CCNC1=O)C(=O)S. The highest BCUT2D eigenvalue weighted by atomic mass is 32.1. The highest BCUT2D eigenvalue weighted by molar-refractivity contribution is 7.96. The van der Waals surface area contributed by atoms with E-state index in [9.17, 15) is 24.0 Å². The number of allylic oxidation sites excluding steroid dienone is 1. The second-order valence-corrected chi connectivity index (χ2v) is 12.7. The summed E-state index contributed by atoms with van der Waals surface area (Å²) in [7, 11) is 0. The predicted octanol–water partition coefficient (Wildman–Crippen LogP) is 2.90. The fraction of sp³-hybridized carbons (Fsp3) is 0.741. The van der Waals surface area contributed by atoms with Gasteiger partial charge in [0.1, 0.15) is 17.7 Å². The van der Waals surface area contributed by atoms with Gasteiger partial charge in [-0.05, 0) is 70.6 Å². The minimum atomic E-state index is -0.938. The van der Waals surface area contributed by atoms with Crippen LogP contribution in [0.3, 0.4) is 0 Å². The highest BCUT2D eigenvalue weighted by Crippen LogP contribution is 2.48. The Hall–Kier alpha value is -2.76. The van der Waals surface area contributed by atoms with E-state index < -0.39 is 34.8 Å². The lowest BCUT2D eigenvalue weighted by molar-refractivity contribution is -0.128. The normalized spacial score (nSPS) is 25.9. The summed E-state index contributed by atoms with van der Waals surface area (Å²) in [5, 5.41) is 7.49. The number of carbonyl (C=O) groups excluding carboxylic acids is 5. The van der Waals surface area contributed by atoms with Crippen LogP contribution < -0.4 is 16.0 Å². The first-order valence-corrected chi connectivity index (χ1v) is 14.1. The van der Waals surface area contributed by atoms with Crippen molar-refractivity contribution in [2.75, 3.05) is 13.1 Å². The lowest BCUT2D eigenvalue weighted by Gasteiger charge is -2.47.